The molecule has 2 saturated heterocycles. The van der Waals surface area contributed by atoms with E-state index < -0.39 is 35.1 Å². The first-order valence-corrected chi connectivity index (χ1v) is 14.3. The van der Waals surface area contributed by atoms with Crippen LogP contribution in [-0.4, -0.2) is 93.6 Å². The highest BCUT2D eigenvalue weighted by Crippen LogP contribution is 2.59. The van der Waals surface area contributed by atoms with Crippen molar-refractivity contribution in [2.24, 2.45) is 17.8 Å². The minimum atomic E-state index is -1.26. The Morgan fingerprint density at radius 2 is 1.59 bits per heavy atom. The molecule has 0 aromatic rings. The maximum Gasteiger partial charge on any atom is 0.249 e. The molecule has 0 aliphatic carbocycles. The zero-order valence-corrected chi connectivity index (χ0v) is 23.2. The Labute approximate surface area is 221 Å². The number of aliphatic hydroxyl groups excluding tert-OH is 1. The summed E-state index contributed by atoms with van der Waals surface area (Å²) in [5, 5.41) is 10.4. The summed E-state index contributed by atoms with van der Waals surface area (Å²) in [6.45, 7) is 11.9. The van der Waals surface area contributed by atoms with Crippen LogP contribution in [-0.2, 0) is 19.1 Å². The fourth-order valence-corrected chi connectivity index (χ4v) is 7.00. The summed E-state index contributed by atoms with van der Waals surface area (Å²) < 4.78 is 6.98. The number of unbranched alkanes of at least 4 members (excludes halogenated alkanes) is 2. The van der Waals surface area contributed by atoms with E-state index in [0.717, 1.165) is 25.7 Å². The third-order valence-corrected chi connectivity index (χ3v) is 8.88. The van der Waals surface area contributed by atoms with Crippen LogP contribution in [0.15, 0.2) is 24.3 Å². The number of likely N-dealkylation sites (tertiary alicyclic amines) is 1. The Morgan fingerprint density at radius 3 is 2.19 bits per heavy atom. The van der Waals surface area contributed by atoms with E-state index in [9.17, 15) is 19.5 Å². The van der Waals surface area contributed by atoms with Gasteiger partial charge in [0.25, 0.3) is 0 Å². The molecule has 8 nitrogen and oxygen atoms in total. The van der Waals surface area contributed by atoms with Gasteiger partial charge in [-0.3, -0.25) is 14.4 Å². The van der Waals surface area contributed by atoms with Crippen molar-refractivity contribution in [2.75, 3.05) is 32.8 Å². The van der Waals surface area contributed by atoms with E-state index in [1.165, 1.54) is 0 Å². The highest BCUT2D eigenvalue weighted by Gasteiger charge is 2.75. The van der Waals surface area contributed by atoms with Gasteiger partial charge in [0.2, 0.25) is 17.7 Å². The molecule has 6 atom stereocenters. The Balaban J connectivity index is 1.87. The van der Waals surface area contributed by atoms with Crippen LogP contribution >= 0.6 is 0 Å². The van der Waals surface area contributed by atoms with E-state index in [1.54, 1.807) is 4.90 Å². The summed E-state index contributed by atoms with van der Waals surface area (Å²) >= 11 is 0. The number of ether oxygens (including phenoxy) is 1. The van der Waals surface area contributed by atoms with Crippen molar-refractivity contribution >= 4 is 17.7 Å². The molecule has 4 aliphatic heterocycles. The van der Waals surface area contributed by atoms with Crippen LogP contribution in [0.2, 0.25) is 0 Å². The third-order valence-electron chi connectivity index (χ3n) is 8.88. The first-order chi connectivity index (χ1) is 17.7. The molecule has 1 unspecified atom stereocenters. The lowest BCUT2D eigenvalue weighted by atomic mass is 9.73. The molecule has 1 spiro atoms. The second-order valence-electron chi connectivity index (χ2n) is 11.4. The molecule has 37 heavy (non-hydrogen) atoms. The van der Waals surface area contributed by atoms with Crippen molar-refractivity contribution in [3.8, 4) is 0 Å². The van der Waals surface area contributed by atoms with Crippen molar-refractivity contribution < 1.29 is 24.2 Å². The van der Waals surface area contributed by atoms with Crippen LogP contribution in [0.25, 0.3) is 0 Å². The topological polar surface area (TPSA) is 90.4 Å². The Bertz CT molecular complexity index is 948. The molecule has 4 heterocycles. The molecule has 0 bridgehead atoms. The van der Waals surface area contributed by atoms with Crippen LogP contribution in [0.3, 0.4) is 0 Å². The first-order valence-electron chi connectivity index (χ1n) is 14.3. The molecule has 1 N–H and O–H groups in total. The second kappa shape index (κ2) is 10.9. The molecular weight excluding hydrogens is 470 g/mol. The lowest BCUT2D eigenvalue weighted by Gasteiger charge is -2.41. The highest BCUT2D eigenvalue weighted by atomic mass is 16.5. The minimum absolute atomic E-state index is 0.0735. The van der Waals surface area contributed by atoms with E-state index in [0.29, 0.717) is 32.6 Å². The highest BCUT2D eigenvalue weighted by molar-refractivity contribution is 6.00. The van der Waals surface area contributed by atoms with E-state index in [-0.39, 0.29) is 30.2 Å². The summed E-state index contributed by atoms with van der Waals surface area (Å²) in [6, 6.07) is -1.46. The third kappa shape index (κ3) is 4.34. The molecule has 4 rings (SSSR count). The van der Waals surface area contributed by atoms with Crippen LogP contribution in [0.1, 0.15) is 66.7 Å². The van der Waals surface area contributed by atoms with Crippen molar-refractivity contribution in [1.82, 2.24) is 14.7 Å². The lowest BCUT2D eigenvalue weighted by Crippen LogP contribution is -2.59. The number of carbonyl (C=O) groups is 3. The number of amides is 3. The van der Waals surface area contributed by atoms with Crippen LogP contribution in [0.5, 0.6) is 0 Å². The molecule has 4 aliphatic rings. The maximum atomic E-state index is 14.4. The van der Waals surface area contributed by atoms with Gasteiger partial charge in [0.05, 0.1) is 30.1 Å². The van der Waals surface area contributed by atoms with Gasteiger partial charge in [0.15, 0.2) is 0 Å². The van der Waals surface area contributed by atoms with Gasteiger partial charge >= 0.3 is 0 Å². The Morgan fingerprint density at radius 1 is 0.919 bits per heavy atom. The SMILES string of the molecule is CCCCCN1CC=C[C@]23O[C@@]4(CC)C=CCN(CCC)C(=O)[C@H]4[C@H]2C(=O)N([C@@H](CO)C(C)C)C3C1=O. The lowest BCUT2D eigenvalue weighted by molar-refractivity contribution is -0.158. The predicted molar refractivity (Wildman–Crippen MR) is 141 cm³/mol. The molecule has 0 saturated carbocycles. The summed E-state index contributed by atoms with van der Waals surface area (Å²) in [7, 11) is 0. The normalized spacial score (nSPS) is 34.1. The number of aliphatic hydroxyl groups is 1. The summed E-state index contributed by atoms with van der Waals surface area (Å²) in [5.41, 5.74) is -2.22. The fourth-order valence-electron chi connectivity index (χ4n) is 7.00. The number of fused-ring (bicyclic) bond motifs is 2. The van der Waals surface area contributed by atoms with Crippen LogP contribution in [0, 0.1) is 17.8 Å². The number of carbonyl (C=O) groups excluding carboxylic acids is 3. The zero-order valence-electron chi connectivity index (χ0n) is 23.2. The quantitative estimate of drug-likeness (QED) is 0.357. The summed E-state index contributed by atoms with van der Waals surface area (Å²) in [6.07, 6.45) is 12.1. The smallest absolute Gasteiger partial charge is 0.249 e. The Hall–Kier alpha value is -2.19. The number of hydrogen-bond acceptors (Lipinski definition) is 5. The van der Waals surface area contributed by atoms with E-state index >= 15 is 0 Å². The number of nitrogens with zero attached hydrogens (tertiary/aromatic N) is 3. The van der Waals surface area contributed by atoms with E-state index in [1.807, 2.05) is 61.8 Å². The first kappa shape index (κ1) is 27.8. The predicted octanol–water partition coefficient (Wildman–Crippen LogP) is 2.76. The average Bonchev–Trinajstić information content (AvgIpc) is 3.17. The van der Waals surface area contributed by atoms with E-state index in [4.69, 9.17) is 4.74 Å². The molecule has 3 amide bonds. The second-order valence-corrected chi connectivity index (χ2v) is 11.4. The fraction of sp³-hybridized carbons (Fsp3) is 0.759. The van der Waals surface area contributed by atoms with Crippen LogP contribution < -0.4 is 0 Å². The molecule has 2 fully saturated rings. The van der Waals surface area contributed by atoms with Gasteiger partial charge in [-0.1, -0.05) is 71.8 Å². The molecule has 206 valence electrons. The number of rotatable bonds is 10. The maximum absolute atomic E-state index is 14.4. The Kier molecular flexibility index (Phi) is 8.19. The minimum Gasteiger partial charge on any atom is -0.394 e. The monoisotopic (exact) mass is 515 g/mol. The summed E-state index contributed by atoms with van der Waals surface area (Å²) in [4.78, 5) is 48.1. The molecule has 0 radical (unpaired) electrons. The van der Waals surface area contributed by atoms with Gasteiger partial charge in [-0.15, -0.1) is 0 Å². The molecule has 0 aromatic heterocycles. The van der Waals surface area contributed by atoms with Crippen molar-refractivity contribution in [1.29, 1.82) is 0 Å². The summed E-state index contributed by atoms with van der Waals surface area (Å²) in [5.74, 6) is -2.11. The molecule has 0 aromatic carbocycles. The van der Waals surface area contributed by atoms with Gasteiger partial charge in [-0.25, -0.2) is 0 Å². The van der Waals surface area contributed by atoms with Gasteiger partial charge in [0, 0.05) is 26.2 Å². The van der Waals surface area contributed by atoms with Gasteiger partial charge in [-0.2, -0.15) is 0 Å². The van der Waals surface area contributed by atoms with Crippen molar-refractivity contribution in [2.45, 2.75) is 90.0 Å². The zero-order chi connectivity index (χ0) is 27.0. The largest absolute Gasteiger partial charge is 0.394 e. The van der Waals surface area contributed by atoms with Crippen molar-refractivity contribution in [3.05, 3.63) is 24.3 Å². The van der Waals surface area contributed by atoms with Gasteiger partial charge in [0.1, 0.15) is 11.6 Å². The number of hydrogen-bond donors (Lipinski definition) is 1. The average molecular weight is 516 g/mol. The molecule has 8 heteroatoms. The van der Waals surface area contributed by atoms with E-state index in [2.05, 4.69) is 6.92 Å². The standard InChI is InChI=1S/C29H45N3O5/c1-6-9-10-16-31-18-12-14-29-23(26(35)32(24(29)27(31)36)21(19-33)20(4)5)22-25(34)30(15-7-2)17-11-13-28(22,8-3)37-29/h11-14,20-24,33H,6-10,15-19H2,1-5H3/t21-,22+,23-,24?,28-,29-/m0/s1. The van der Waals surface area contributed by atoms with Crippen molar-refractivity contribution in [3.63, 3.8) is 0 Å². The van der Waals surface area contributed by atoms with Gasteiger partial charge in [-0.05, 0) is 25.2 Å². The molecular formula is C29H45N3O5. The van der Waals surface area contributed by atoms with Gasteiger partial charge < -0.3 is 24.5 Å². The van der Waals surface area contributed by atoms with Crippen LogP contribution in [0.4, 0.5) is 0 Å².